The summed E-state index contributed by atoms with van der Waals surface area (Å²) in [6.07, 6.45) is 1.61. The molecule has 0 saturated carbocycles. The Bertz CT molecular complexity index is 1740. The first kappa shape index (κ1) is 36.1. The van der Waals surface area contributed by atoms with Crippen molar-refractivity contribution in [3.8, 4) is 0 Å². The number of aryl methyl sites for hydroxylation is 1. The topological polar surface area (TPSA) is 104 Å². The van der Waals surface area contributed by atoms with Crippen molar-refractivity contribution in [3.63, 3.8) is 0 Å². The zero-order valence-electron chi connectivity index (χ0n) is 28.1. The number of amides is 2. The van der Waals surface area contributed by atoms with Gasteiger partial charge in [0.25, 0.3) is 0 Å². The zero-order chi connectivity index (χ0) is 34.6. The van der Waals surface area contributed by atoms with Crippen LogP contribution in [0.15, 0.2) is 114 Å². The molecule has 0 unspecified atom stereocenters. The smallest absolute Gasteiger partial charge is 0.407 e. The van der Waals surface area contributed by atoms with Gasteiger partial charge < -0.3 is 20.5 Å². The molecule has 1 heterocycles. The van der Waals surface area contributed by atoms with E-state index in [9.17, 15) is 14.7 Å². The van der Waals surface area contributed by atoms with Crippen LogP contribution in [-0.2, 0) is 16.0 Å². The van der Waals surface area contributed by atoms with Gasteiger partial charge in [-0.15, -0.1) is 11.3 Å². The van der Waals surface area contributed by atoms with Crippen LogP contribution in [0.5, 0.6) is 0 Å². The number of carbonyl (C=O) groups excluding carboxylic acids is 2. The summed E-state index contributed by atoms with van der Waals surface area (Å²) >= 11 is 3.30. The van der Waals surface area contributed by atoms with Crippen LogP contribution < -0.4 is 10.6 Å². The first-order valence-corrected chi connectivity index (χ1v) is 18.2. The second kappa shape index (κ2) is 18.0. The average molecular weight is 697 g/mol. The highest BCUT2D eigenvalue weighted by atomic mass is 32.2. The van der Waals surface area contributed by atoms with Gasteiger partial charge in [0.2, 0.25) is 5.91 Å². The van der Waals surface area contributed by atoms with E-state index in [1.165, 1.54) is 7.11 Å². The molecule has 8 nitrogen and oxygen atoms in total. The minimum Gasteiger partial charge on any atom is -0.453 e. The fraction of sp³-hybridized carbons (Fsp3) is 0.308. The predicted octanol–water partition coefficient (Wildman–Crippen LogP) is 8.14. The van der Waals surface area contributed by atoms with Gasteiger partial charge in [-0.3, -0.25) is 4.79 Å². The number of aliphatic hydroxyl groups excluding tert-OH is 1. The number of ether oxygens (including phenoxy) is 1. The van der Waals surface area contributed by atoms with Gasteiger partial charge in [0.15, 0.2) is 0 Å². The minimum atomic E-state index is -0.964. The largest absolute Gasteiger partial charge is 0.453 e. The van der Waals surface area contributed by atoms with Gasteiger partial charge in [-0.05, 0) is 78.1 Å². The molecule has 3 N–H and O–H groups in total. The number of anilines is 1. The van der Waals surface area contributed by atoms with E-state index >= 15 is 0 Å². The summed E-state index contributed by atoms with van der Waals surface area (Å²) in [5, 5.41) is 16.6. The summed E-state index contributed by atoms with van der Waals surface area (Å²) in [7, 11) is 1.29. The standard InChI is InChI=1S/C39H44N4O4S2/c1-27(2)22-23-43(49-32-20-21-34-35(24-32)48-26-40-34)31(25-44)19-18-28-12-10-11-17-33(28)41-38(45)37(42-39(46)47-3)36(29-13-6-4-7-14-29)30-15-8-5-9-16-30/h4-17,20-21,24,26-27,31,36-37,44H,18-19,22-23,25H2,1-3H3,(H,41,45)(H,42,46)/t31-,37-/m0/s1. The minimum absolute atomic E-state index is 0.00335. The highest BCUT2D eigenvalue weighted by Gasteiger charge is 2.33. The Morgan fingerprint density at radius 1 is 0.918 bits per heavy atom. The van der Waals surface area contributed by atoms with Gasteiger partial charge in [0.05, 0.1) is 29.4 Å². The maximum absolute atomic E-state index is 14.2. The predicted molar refractivity (Wildman–Crippen MR) is 200 cm³/mol. The number of carbonyl (C=O) groups is 2. The Labute approximate surface area is 297 Å². The SMILES string of the molecule is COC(=O)N[C@H](C(=O)Nc1ccccc1CC[C@@H](CO)N(CCC(C)C)Sc1ccc2ncsc2c1)C(c1ccccc1)c1ccccc1. The van der Waals surface area contributed by atoms with Crippen LogP contribution >= 0.6 is 23.3 Å². The fourth-order valence-electron chi connectivity index (χ4n) is 5.82. The van der Waals surface area contributed by atoms with Crippen LogP contribution in [-0.4, -0.2) is 58.7 Å². The number of aromatic nitrogens is 1. The molecule has 0 aliphatic carbocycles. The molecule has 0 fully saturated rings. The van der Waals surface area contributed by atoms with Crippen LogP contribution in [0, 0.1) is 5.92 Å². The summed E-state index contributed by atoms with van der Waals surface area (Å²) in [6, 6.07) is 32.3. The molecule has 2 amide bonds. The third-order valence-electron chi connectivity index (χ3n) is 8.48. The molecular formula is C39H44N4O4S2. The van der Waals surface area contributed by atoms with E-state index < -0.39 is 18.1 Å². The molecule has 0 aliphatic rings. The number of hydrogen-bond donors (Lipinski definition) is 3. The lowest BCUT2D eigenvalue weighted by molar-refractivity contribution is -0.118. The number of rotatable bonds is 16. The van der Waals surface area contributed by atoms with Crippen LogP contribution in [0.2, 0.25) is 0 Å². The van der Waals surface area contributed by atoms with Crippen LogP contribution in [0.3, 0.4) is 0 Å². The lowest BCUT2D eigenvalue weighted by Crippen LogP contribution is -2.48. The summed E-state index contributed by atoms with van der Waals surface area (Å²) in [5.41, 5.74) is 6.23. The van der Waals surface area contributed by atoms with Crippen molar-refractivity contribution in [1.82, 2.24) is 14.6 Å². The summed E-state index contributed by atoms with van der Waals surface area (Å²) in [4.78, 5) is 32.3. The molecule has 0 saturated heterocycles. The molecule has 5 rings (SSSR count). The van der Waals surface area contributed by atoms with Gasteiger partial charge in [0.1, 0.15) is 6.04 Å². The van der Waals surface area contributed by atoms with Gasteiger partial charge in [-0.1, -0.05) is 92.7 Å². The lowest BCUT2D eigenvalue weighted by Gasteiger charge is -2.30. The number of hydrogen-bond acceptors (Lipinski definition) is 8. The van der Waals surface area contributed by atoms with E-state index in [0.717, 1.165) is 44.8 Å². The van der Waals surface area contributed by atoms with Crippen molar-refractivity contribution in [2.75, 3.05) is 25.6 Å². The Kier molecular flexibility index (Phi) is 13.2. The molecule has 0 aliphatic heterocycles. The molecule has 5 aromatic rings. The van der Waals surface area contributed by atoms with Crippen molar-refractivity contribution in [2.24, 2.45) is 5.92 Å². The Hall–Kier alpha value is -4.22. The normalized spacial score (nSPS) is 12.7. The third-order valence-corrected chi connectivity index (χ3v) is 10.5. The molecule has 4 aromatic carbocycles. The highest BCUT2D eigenvalue weighted by molar-refractivity contribution is 7.97. The second-order valence-electron chi connectivity index (χ2n) is 12.3. The van der Waals surface area contributed by atoms with Crippen LogP contribution in [0.25, 0.3) is 10.2 Å². The number of nitrogens with zero attached hydrogens (tertiary/aromatic N) is 2. The van der Waals surface area contributed by atoms with Crippen molar-refractivity contribution >= 4 is 51.2 Å². The van der Waals surface area contributed by atoms with E-state index in [-0.39, 0.29) is 18.6 Å². The van der Waals surface area contributed by atoms with Gasteiger partial charge in [0, 0.05) is 29.1 Å². The van der Waals surface area contributed by atoms with Crippen molar-refractivity contribution in [1.29, 1.82) is 0 Å². The van der Waals surface area contributed by atoms with Gasteiger partial charge >= 0.3 is 6.09 Å². The van der Waals surface area contributed by atoms with E-state index in [0.29, 0.717) is 24.4 Å². The summed E-state index contributed by atoms with van der Waals surface area (Å²) in [5.74, 6) is -0.311. The first-order chi connectivity index (χ1) is 23.9. The maximum Gasteiger partial charge on any atom is 0.407 e. The maximum atomic E-state index is 14.2. The molecule has 0 bridgehead atoms. The average Bonchev–Trinajstić information content (AvgIpc) is 3.60. The molecule has 10 heteroatoms. The van der Waals surface area contributed by atoms with Crippen molar-refractivity contribution in [2.45, 2.75) is 56.0 Å². The monoisotopic (exact) mass is 696 g/mol. The number of thiazole rings is 1. The summed E-state index contributed by atoms with van der Waals surface area (Å²) < 4.78 is 8.39. The van der Waals surface area contributed by atoms with Crippen molar-refractivity contribution < 1.29 is 19.4 Å². The van der Waals surface area contributed by atoms with E-state index in [1.54, 1.807) is 23.3 Å². The molecule has 49 heavy (non-hydrogen) atoms. The number of aliphatic hydroxyl groups is 1. The fourth-order valence-corrected chi connectivity index (χ4v) is 7.70. The van der Waals surface area contributed by atoms with E-state index in [2.05, 4.69) is 45.9 Å². The second-order valence-corrected chi connectivity index (χ2v) is 14.3. The van der Waals surface area contributed by atoms with Gasteiger partial charge in [-0.2, -0.15) is 0 Å². The van der Waals surface area contributed by atoms with Crippen molar-refractivity contribution in [3.05, 3.63) is 125 Å². The van der Waals surface area contributed by atoms with Crippen LogP contribution in [0.1, 0.15) is 49.3 Å². The number of para-hydroxylation sites is 1. The Morgan fingerprint density at radius 2 is 1.59 bits per heavy atom. The molecular weight excluding hydrogens is 653 g/mol. The van der Waals surface area contributed by atoms with Gasteiger partial charge in [-0.25, -0.2) is 14.1 Å². The number of nitrogens with one attached hydrogen (secondary N) is 2. The Balaban J connectivity index is 1.36. The number of alkyl carbamates (subject to hydrolysis) is 1. The molecule has 1 aromatic heterocycles. The molecule has 0 spiro atoms. The third kappa shape index (κ3) is 9.92. The Morgan fingerprint density at radius 3 is 2.24 bits per heavy atom. The van der Waals surface area contributed by atoms with Crippen LogP contribution in [0.4, 0.5) is 10.5 Å². The number of benzene rings is 4. The van der Waals surface area contributed by atoms with E-state index in [4.69, 9.17) is 4.74 Å². The van der Waals surface area contributed by atoms with E-state index in [1.807, 2.05) is 96.5 Å². The zero-order valence-corrected chi connectivity index (χ0v) is 29.8. The quantitative estimate of drug-likeness (QED) is 0.0895. The summed E-state index contributed by atoms with van der Waals surface area (Å²) in [6.45, 7) is 5.25. The lowest BCUT2D eigenvalue weighted by atomic mass is 9.84. The molecule has 0 radical (unpaired) electrons. The molecule has 256 valence electrons. The highest BCUT2D eigenvalue weighted by Crippen LogP contribution is 2.33. The first-order valence-electron chi connectivity index (χ1n) is 16.6. The number of fused-ring (bicyclic) bond motifs is 1. The molecule has 2 atom stereocenters. The number of methoxy groups -OCH3 is 1.